The second kappa shape index (κ2) is 4.79. The number of alkyl halides is 1. The van der Waals surface area contributed by atoms with Gasteiger partial charge in [0.1, 0.15) is 17.3 Å². The highest BCUT2D eigenvalue weighted by molar-refractivity contribution is 6.16. The zero-order chi connectivity index (χ0) is 12.4. The molecule has 0 radical (unpaired) electrons. The zero-order valence-corrected chi connectivity index (χ0v) is 9.88. The first-order chi connectivity index (χ1) is 8.15. The van der Waals surface area contributed by atoms with Crippen molar-refractivity contribution in [1.82, 2.24) is 15.0 Å². The van der Waals surface area contributed by atoms with E-state index in [2.05, 4.69) is 10.3 Å². The van der Waals surface area contributed by atoms with E-state index in [0.717, 1.165) is 11.8 Å². The molecule has 0 fully saturated rings. The average molecular weight is 258 g/mol. The Labute approximate surface area is 102 Å². The minimum Gasteiger partial charge on any atom is -0.217 e. The molecule has 0 aliphatic carbocycles. The van der Waals surface area contributed by atoms with Crippen molar-refractivity contribution in [2.24, 2.45) is 0 Å². The van der Waals surface area contributed by atoms with Crippen LogP contribution in [0.25, 0.3) is 5.69 Å². The Hall–Kier alpha value is -1.49. The van der Waals surface area contributed by atoms with Crippen LogP contribution in [0.1, 0.15) is 18.3 Å². The number of hydrogen-bond donors (Lipinski definition) is 0. The highest BCUT2D eigenvalue weighted by atomic mass is 35.5. The van der Waals surface area contributed by atoms with Crippen molar-refractivity contribution >= 4 is 11.6 Å². The summed E-state index contributed by atoms with van der Waals surface area (Å²) in [5, 5.41) is 7.74. The van der Waals surface area contributed by atoms with E-state index < -0.39 is 11.6 Å². The number of halogens is 3. The van der Waals surface area contributed by atoms with Crippen LogP contribution in [0.15, 0.2) is 18.2 Å². The summed E-state index contributed by atoms with van der Waals surface area (Å²) in [4.78, 5) is 0. The quantitative estimate of drug-likeness (QED) is 0.792. The molecule has 0 atom stereocenters. The van der Waals surface area contributed by atoms with E-state index in [-0.39, 0.29) is 5.88 Å². The zero-order valence-electron chi connectivity index (χ0n) is 9.12. The number of hydrogen-bond acceptors (Lipinski definition) is 2. The predicted molar refractivity (Wildman–Crippen MR) is 60.2 cm³/mol. The molecular weight excluding hydrogens is 248 g/mol. The summed E-state index contributed by atoms with van der Waals surface area (Å²) in [6.45, 7) is 1.90. The molecule has 0 aliphatic heterocycles. The van der Waals surface area contributed by atoms with Crippen LogP contribution < -0.4 is 0 Å². The maximum Gasteiger partial charge on any atom is 0.128 e. The van der Waals surface area contributed by atoms with Crippen molar-refractivity contribution in [3.8, 4) is 5.69 Å². The van der Waals surface area contributed by atoms with E-state index in [1.54, 1.807) is 0 Å². The summed E-state index contributed by atoms with van der Waals surface area (Å²) in [5.74, 6) is -1.07. The van der Waals surface area contributed by atoms with Crippen LogP contribution in [0.3, 0.4) is 0 Å². The predicted octanol–water partition coefficient (Wildman–Crippen LogP) is 2.85. The molecule has 1 heterocycles. The normalized spacial score (nSPS) is 10.8. The summed E-state index contributed by atoms with van der Waals surface area (Å²) in [6, 6.07) is 3.22. The maximum atomic E-state index is 13.1. The lowest BCUT2D eigenvalue weighted by Gasteiger charge is -2.05. The lowest BCUT2D eigenvalue weighted by Crippen LogP contribution is -2.03. The summed E-state index contributed by atoms with van der Waals surface area (Å²) in [7, 11) is 0. The summed E-state index contributed by atoms with van der Waals surface area (Å²) < 4.78 is 27.6. The standard InChI is InChI=1S/C11H10ClF2N3/c1-2-11-10(6-12)15-16-17(11)9-4-7(13)3-8(14)5-9/h3-5H,2,6H2,1H3. The molecule has 6 heteroatoms. The molecule has 17 heavy (non-hydrogen) atoms. The van der Waals surface area contributed by atoms with E-state index >= 15 is 0 Å². The molecule has 1 aromatic carbocycles. The first-order valence-electron chi connectivity index (χ1n) is 5.11. The van der Waals surface area contributed by atoms with Crippen molar-refractivity contribution in [2.45, 2.75) is 19.2 Å². The minimum absolute atomic E-state index is 0.223. The second-order valence-corrected chi connectivity index (χ2v) is 3.78. The molecule has 0 bridgehead atoms. The fraction of sp³-hybridized carbons (Fsp3) is 0.273. The average Bonchev–Trinajstić information content (AvgIpc) is 2.70. The van der Waals surface area contributed by atoms with Gasteiger partial charge in [0.2, 0.25) is 0 Å². The molecule has 2 rings (SSSR count). The third-order valence-corrected chi connectivity index (χ3v) is 2.65. The Morgan fingerprint density at radius 3 is 2.41 bits per heavy atom. The molecular formula is C11H10ClF2N3. The molecule has 0 amide bonds. The van der Waals surface area contributed by atoms with Gasteiger partial charge in [-0.05, 0) is 18.6 Å². The summed E-state index contributed by atoms with van der Waals surface area (Å²) in [6.07, 6.45) is 0.632. The van der Waals surface area contributed by atoms with Crippen LogP contribution in [0.5, 0.6) is 0 Å². The second-order valence-electron chi connectivity index (χ2n) is 3.51. The largest absolute Gasteiger partial charge is 0.217 e. The Morgan fingerprint density at radius 1 is 1.24 bits per heavy atom. The Balaban J connectivity index is 2.55. The molecule has 0 spiro atoms. The van der Waals surface area contributed by atoms with Gasteiger partial charge in [0.15, 0.2) is 0 Å². The van der Waals surface area contributed by atoms with Gasteiger partial charge < -0.3 is 0 Å². The number of aromatic nitrogens is 3. The first kappa shape index (κ1) is 12.0. The summed E-state index contributed by atoms with van der Waals surface area (Å²) >= 11 is 5.71. The van der Waals surface area contributed by atoms with Crippen molar-refractivity contribution < 1.29 is 8.78 Å². The fourth-order valence-corrected chi connectivity index (χ4v) is 1.87. The summed E-state index contributed by atoms with van der Waals surface area (Å²) in [5.41, 5.74) is 1.69. The Bertz CT molecular complexity index is 519. The van der Waals surface area contributed by atoms with E-state index in [1.807, 2.05) is 6.92 Å². The molecule has 0 unspecified atom stereocenters. The van der Waals surface area contributed by atoms with Crippen LogP contribution in [-0.2, 0) is 12.3 Å². The van der Waals surface area contributed by atoms with E-state index in [4.69, 9.17) is 11.6 Å². The van der Waals surface area contributed by atoms with Crippen molar-refractivity contribution in [1.29, 1.82) is 0 Å². The lowest BCUT2D eigenvalue weighted by molar-refractivity contribution is 0.578. The highest BCUT2D eigenvalue weighted by Crippen LogP contribution is 2.17. The number of nitrogens with zero attached hydrogens (tertiary/aromatic N) is 3. The number of rotatable bonds is 3. The molecule has 1 aromatic heterocycles. The van der Waals surface area contributed by atoms with Gasteiger partial charge in [-0.25, -0.2) is 13.5 Å². The van der Waals surface area contributed by atoms with Crippen molar-refractivity contribution in [2.75, 3.05) is 0 Å². The Kier molecular flexibility index (Phi) is 3.38. The third kappa shape index (κ3) is 2.29. The molecule has 2 aromatic rings. The van der Waals surface area contributed by atoms with Gasteiger partial charge in [0.25, 0.3) is 0 Å². The van der Waals surface area contributed by atoms with Gasteiger partial charge >= 0.3 is 0 Å². The van der Waals surface area contributed by atoms with Crippen molar-refractivity contribution in [3.63, 3.8) is 0 Å². The van der Waals surface area contributed by atoms with Gasteiger partial charge in [-0.3, -0.25) is 0 Å². The molecule has 3 nitrogen and oxygen atoms in total. The first-order valence-corrected chi connectivity index (χ1v) is 5.65. The highest BCUT2D eigenvalue weighted by Gasteiger charge is 2.13. The minimum atomic E-state index is -0.648. The maximum absolute atomic E-state index is 13.1. The van der Waals surface area contributed by atoms with E-state index in [9.17, 15) is 8.78 Å². The van der Waals surface area contributed by atoms with Gasteiger partial charge in [0.05, 0.1) is 17.3 Å². The monoisotopic (exact) mass is 257 g/mol. The van der Waals surface area contributed by atoms with Crippen LogP contribution in [0.4, 0.5) is 8.78 Å². The third-order valence-electron chi connectivity index (χ3n) is 2.40. The molecule has 0 saturated heterocycles. The number of benzene rings is 1. The molecule has 90 valence electrons. The van der Waals surface area contributed by atoms with Crippen molar-refractivity contribution in [3.05, 3.63) is 41.2 Å². The van der Waals surface area contributed by atoms with Crippen LogP contribution in [-0.4, -0.2) is 15.0 Å². The smallest absolute Gasteiger partial charge is 0.128 e. The topological polar surface area (TPSA) is 30.7 Å². The van der Waals surface area contributed by atoms with Crippen LogP contribution >= 0.6 is 11.6 Å². The van der Waals surface area contributed by atoms with Gasteiger partial charge in [-0.2, -0.15) is 0 Å². The van der Waals surface area contributed by atoms with Crippen LogP contribution in [0, 0.1) is 11.6 Å². The SMILES string of the molecule is CCc1c(CCl)nnn1-c1cc(F)cc(F)c1. The van der Waals surface area contributed by atoms with E-state index in [0.29, 0.717) is 17.8 Å². The molecule has 0 aliphatic rings. The molecule has 0 N–H and O–H groups in total. The molecule has 0 saturated carbocycles. The van der Waals surface area contributed by atoms with Gasteiger partial charge in [0, 0.05) is 6.07 Å². The fourth-order valence-electron chi connectivity index (χ4n) is 1.66. The lowest BCUT2D eigenvalue weighted by atomic mass is 10.2. The van der Waals surface area contributed by atoms with Gasteiger partial charge in [-0.15, -0.1) is 16.7 Å². The van der Waals surface area contributed by atoms with Crippen LogP contribution in [0.2, 0.25) is 0 Å². The van der Waals surface area contributed by atoms with Gasteiger partial charge in [-0.1, -0.05) is 12.1 Å². The Morgan fingerprint density at radius 2 is 1.88 bits per heavy atom. The van der Waals surface area contributed by atoms with E-state index in [1.165, 1.54) is 16.8 Å².